The number of likely N-dealkylation sites (N-methyl/N-ethyl adjacent to an activating group) is 1. The summed E-state index contributed by atoms with van der Waals surface area (Å²) in [6.45, 7) is 6.71. The predicted molar refractivity (Wildman–Crippen MR) is 112 cm³/mol. The number of hydrogen-bond donors (Lipinski definition) is 1. The second-order valence-corrected chi connectivity index (χ2v) is 7.41. The summed E-state index contributed by atoms with van der Waals surface area (Å²) in [4.78, 5) is 27.2. The van der Waals surface area contributed by atoms with Gasteiger partial charge in [0.05, 0.1) is 6.61 Å². The normalized spacial score (nSPS) is 11.8. The average Bonchev–Trinajstić information content (AvgIpc) is 2.66. The molecule has 28 heavy (non-hydrogen) atoms. The van der Waals surface area contributed by atoms with Gasteiger partial charge in [-0.05, 0) is 54.8 Å². The Labute approximate surface area is 171 Å². The maximum atomic E-state index is 12.9. The Morgan fingerprint density at radius 3 is 2.39 bits per heavy atom. The fraction of sp³-hybridized carbons (Fsp3) is 0.364. The first-order valence-electron chi connectivity index (χ1n) is 9.35. The highest BCUT2D eigenvalue weighted by Gasteiger charge is 2.27. The Morgan fingerprint density at radius 2 is 1.82 bits per heavy atom. The first-order valence-corrected chi connectivity index (χ1v) is 9.72. The van der Waals surface area contributed by atoms with Crippen LogP contribution in [-0.2, 0) is 11.3 Å². The van der Waals surface area contributed by atoms with Gasteiger partial charge in [0.15, 0.2) is 0 Å². The predicted octanol–water partition coefficient (Wildman–Crippen LogP) is 4.15. The Bertz CT molecular complexity index is 806. The van der Waals surface area contributed by atoms with Gasteiger partial charge in [-0.15, -0.1) is 0 Å². The van der Waals surface area contributed by atoms with Gasteiger partial charge in [-0.2, -0.15) is 0 Å². The van der Waals surface area contributed by atoms with Crippen LogP contribution in [0.2, 0.25) is 5.02 Å². The van der Waals surface area contributed by atoms with E-state index < -0.39 is 6.04 Å². The van der Waals surface area contributed by atoms with Crippen molar-refractivity contribution >= 4 is 23.4 Å². The van der Waals surface area contributed by atoms with Crippen molar-refractivity contribution in [3.8, 4) is 5.75 Å². The lowest BCUT2D eigenvalue weighted by molar-refractivity contribution is -0.133. The van der Waals surface area contributed by atoms with Gasteiger partial charge in [-0.3, -0.25) is 9.59 Å². The molecule has 0 bridgehead atoms. The Hall–Kier alpha value is -2.53. The van der Waals surface area contributed by atoms with Crippen molar-refractivity contribution in [2.75, 3.05) is 13.7 Å². The van der Waals surface area contributed by atoms with Crippen molar-refractivity contribution in [3.05, 3.63) is 64.7 Å². The molecule has 2 aromatic rings. The van der Waals surface area contributed by atoms with Crippen LogP contribution in [-0.4, -0.2) is 36.4 Å². The van der Waals surface area contributed by atoms with Gasteiger partial charge in [0.2, 0.25) is 5.91 Å². The lowest BCUT2D eigenvalue weighted by Crippen LogP contribution is -2.50. The largest absolute Gasteiger partial charge is 0.494 e. The Balaban J connectivity index is 2.06. The van der Waals surface area contributed by atoms with Crippen LogP contribution in [0.25, 0.3) is 0 Å². The average molecular weight is 403 g/mol. The van der Waals surface area contributed by atoms with Crippen molar-refractivity contribution in [1.82, 2.24) is 10.2 Å². The number of rotatable bonds is 8. The van der Waals surface area contributed by atoms with E-state index in [1.165, 1.54) is 0 Å². The SMILES string of the molecule is CCOc1ccc(C(=O)NC(C(=O)N(C)Cc2cccc(Cl)c2)C(C)C)cc1. The van der Waals surface area contributed by atoms with Crippen molar-refractivity contribution in [3.63, 3.8) is 0 Å². The molecule has 2 rings (SSSR count). The van der Waals surface area contributed by atoms with E-state index in [-0.39, 0.29) is 17.7 Å². The summed E-state index contributed by atoms with van der Waals surface area (Å²) in [7, 11) is 1.72. The van der Waals surface area contributed by atoms with Crippen LogP contribution in [0, 0.1) is 5.92 Å². The monoisotopic (exact) mass is 402 g/mol. The highest BCUT2D eigenvalue weighted by Crippen LogP contribution is 2.15. The zero-order valence-electron chi connectivity index (χ0n) is 16.7. The van der Waals surface area contributed by atoms with Gasteiger partial charge >= 0.3 is 0 Å². The molecule has 1 unspecified atom stereocenters. The molecule has 0 spiro atoms. The molecule has 5 nitrogen and oxygen atoms in total. The molecule has 0 aliphatic heterocycles. The van der Waals surface area contributed by atoms with E-state index in [4.69, 9.17) is 16.3 Å². The van der Waals surface area contributed by atoms with E-state index in [2.05, 4.69) is 5.32 Å². The highest BCUT2D eigenvalue weighted by atomic mass is 35.5. The summed E-state index contributed by atoms with van der Waals surface area (Å²) in [6.07, 6.45) is 0. The molecule has 2 aromatic carbocycles. The second kappa shape index (κ2) is 10.1. The summed E-state index contributed by atoms with van der Waals surface area (Å²) in [5.74, 6) is 0.221. The van der Waals surface area contributed by atoms with Gasteiger partial charge in [-0.1, -0.05) is 37.6 Å². The second-order valence-electron chi connectivity index (χ2n) is 6.98. The van der Waals surface area contributed by atoms with Crippen molar-refractivity contribution in [2.45, 2.75) is 33.4 Å². The molecule has 0 radical (unpaired) electrons. The first kappa shape index (κ1) is 21.8. The standard InChI is InChI=1S/C22H27ClN2O3/c1-5-28-19-11-9-17(10-12-19)21(26)24-20(15(2)3)22(27)25(4)14-16-7-6-8-18(23)13-16/h6-13,15,20H,5,14H2,1-4H3,(H,24,26). The zero-order valence-corrected chi connectivity index (χ0v) is 17.5. The minimum Gasteiger partial charge on any atom is -0.494 e. The molecule has 2 amide bonds. The third kappa shape index (κ3) is 5.99. The third-order valence-electron chi connectivity index (χ3n) is 4.33. The van der Waals surface area contributed by atoms with E-state index in [0.717, 1.165) is 5.56 Å². The fourth-order valence-electron chi connectivity index (χ4n) is 2.83. The number of amides is 2. The summed E-state index contributed by atoms with van der Waals surface area (Å²) >= 11 is 6.02. The number of carbonyl (C=O) groups is 2. The topological polar surface area (TPSA) is 58.6 Å². The van der Waals surface area contributed by atoms with Gasteiger partial charge < -0.3 is 15.0 Å². The number of hydrogen-bond acceptors (Lipinski definition) is 3. The number of carbonyl (C=O) groups excluding carboxylic acids is 2. The molecule has 0 aliphatic rings. The molecule has 1 N–H and O–H groups in total. The zero-order chi connectivity index (χ0) is 20.7. The van der Waals surface area contributed by atoms with E-state index in [0.29, 0.717) is 29.5 Å². The molecule has 0 fully saturated rings. The van der Waals surface area contributed by atoms with E-state index in [1.54, 1.807) is 42.3 Å². The molecule has 0 aromatic heterocycles. The fourth-order valence-corrected chi connectivity index (χ4v) is 3.04. The molecule has 0 heterocycles. The summed E-state index contributed by atoms with van der Waals surface area (Å²) in [6, 6.07) is 13.6. The molecule has 0 saturated heterocycles. The van der Waals surface area contributed by atoms with Crippen LogP contribution >= 0.6 is 11.6 Å². The molecule has 0 aliphatic carbocycles. The van der Waals surface area contributed by atoms with Crippen molar-refractivity contribution in [1.29, 1.82) is 0 Å². The first-order chi connectivity index (χ1) is 13.3. The molecule has 6 heteroatoms. The minimum absolute atomic E-state index is 0.0547. The summed E-state index contributed by atoms with van der Waals surface area (Å²) in [5.41, 5.74) is 1.42. The van der Waals surface area contributed by atoms with E-state index in [1.807, 2.05) is 39.0 Å². The molecule has 0 saturated carbocycles. The number of nitrogens with one attached hydrogen (secondary N) is 1. The van der Waals surface area contributed by atoms with Gasteiger partial charge in [0.1, 0.15) is 11.8 Å². The number of halogens is 1. The quantitative estimate of drug-likeness (QED) is 0.721. The summed E-state index contributed by atoms with van der Waals surface area (Å²) < 4.78 is 5.39. The van der Waals surface area contributed by atoms with Crippen LogP contribution in [0.1, 0.15) is 36.7 Å². The van der Waals surface area contributed by atoms with Crippen LogP contribution in [0.5, 0.6) is 5.75 Å². The van der Waals surface area contributed by atoms with Gasteiger partial charge in [0, 0.05) is 24.2 Å². The maximum absolute atomic E-state index is 12.9. The van der Waals surface area contributed by atoms with Crippen LogP contribution in [0.4, 0.5) is 0 Å². The molecule has 150 valence electrons. The van der Waals surface area contributed by atoms with Crippen LogP contribution in [0.15, 0.2) is 48.5 Å². The third-order valence-corrected chi connectivity index (χ3v) is 4.57. The Morgan fingerprint density at radius 1 is 1.14 bits per heavy atom. The number of nitrogens with zero attached hydrogens (tertiary/aromatic N) is 1. The molecular weight excluding hydrogens is 376 g/mol. The van der Waals surface area contributed by atoms with Crippen molar-refractivity contribution < 1.29 is 14.3 Å². The Kier molecular flexibility index (Phi) is 7.88. The van der Waals surface area contributed by atoms with Gasteiger partial charge in [-0.25, -0.2) is 0 Å². The molecular formula is C22H27ClN2O3. The minimum atomic E-state index is -0.622. The number of benzene rings is 2. The smallest absolute Gasteiger partial charge is 0.251 e. The van der Waals surface area contributed by atoms with Gasteiger partial charge in [0.25, 0.3) is 5.91 Å². The summed E-state index contributed by atoms with van der Waals surface area (Å²) in [5, 5.41) is 3.49. The van der Waals surface area contributed by atoms with Crippen LogP contribution < -0.4 is 10.1 Å². The number of ether oxygens (including phenoxy) is 1. The highest BCUT2D eigenvalue weighted by molar-refractivity contribution is 6.30. The maximum Gasteiger partial charge on any atom is 0.251 e. The van der Waals surface area contributed by atoms with Crippen LogP contribution in [0.3, 0.4) is 0 Å². The van der Waals surface area contributed by atoms with E-state index in [9.17, 15) is 9.59 Å². The lowest BCUT2D eigenvalue weighted by atomic mass is 10.0. The lowest BCUT2D eigenvalue weighted by Gasteiger charge is -2.27. The molecule has 1 atom stereocenters. The van der Waals surface area contributed by atoms with E-state index >= 15 is 0 Å². The van der Waals surface area contributed by atoms with Crippen molar-refractivity contribution in [2.24, 2.45) is 5.92 Å².